The Bertz CT molecular complexity index is 444. The minimum absolute atomic E-state index is 0.0763. The lowest BCUT2D eigenvalue weighted by molar-refractivity contribution is -0.139. The van der Waals surface area contributed by atoms with E-state index in [9.17, 15) is 4.79 Å². The Balaban J connectivity index is 1.92. The molecule has 1 aromatic carbocycles. The van der Waals surface area contributed by atoms with Crippen LogP contribution in [-0.2, 0) is 4.79 Å². The summed E-state index contributed by atoms with van der Waals surface area (Å²) in [5.74, 6) is 2.13. The summed E-state index contributed by atoms with van der Waals surface area (Å²) in [6.07, 6.45) is 1.84. The topological polar surface area (TPSA) is 38.8 Å². The largest absolute Gasteiger partial charge is 0.497 e. The molecule has 4 nitrogen and oxygen atoms in total. The molecule has 110 valence electrons. The molecule has 1 aliphatic heterocycles. The second-order valence-corrected chi connectivity index (χ2v) is 5.47. The van der Waals surface area contributed by atoms with E-state index >= 15 is 0 Å². The third-order valence-corrected chi connectivity index (χ3v) is 3.69. The number of hydrogen-bond donors (Lipinski definition) is 0. The number of nitrogens with zero attached hydrogens (tertiary/aromatic N) is 1. The van der Waals surface area contributed by atoms with Crippen molar-refractivity contribution in [2.24, 2.45) is 5.92 Å². The van der Waals surface area contributed by atoms with Crippen molar-refractivity contribution in [2.45, 2.75) is 32.8 Å². The van der Waals surface area contributed by atoms with Gasteiger partial charge in [0.2, 0.25) is 0 Å². The second kappa shape index (κ2) is 6.64. The van der Waals surface area contributed by atoms with Crippen LogP contribution in [0.4, 0.5) is 0 Å². The van der Waals surface area contributed by atoms with Gasteiger partial charge < -0.3 is 14.4 Å². The summed E-state index contributed by atoms with van der Waals surface area (Å²) in [7, 11) is 1.62. The molecule has 0 radical (unpaired) electrons. The maximum Gasteiger partial charge on any atom is 0.263 e. The normalized spacial score (nSPS) is 20.4. The van der Waals surface area contributed by atoms with Crippen molar-refractivity contribution < 1.29 is 14.3 Å². The van der Waals surface area contributed by atoms with E-state index in [0.717, 1.165) is 25.3 Å². The Labute approximate surface area is 120 Å². The van der Waals surface area contributed by atoms with E-state index in [1.807, 2.05) is 36.1 Å². The Morgan fingerprint density at radius 3 is 2.55 bits per heavy atom. The van der Waals surface area contributed by atoms with E-state index in [4.69, 9.17) is 9.47 Å². The number of benzene rings is 1. The van der Waals surface area contributed by atoms with Gasteiger partial charge in [-0.1, -0.05) is 6.92 Å². The minimum Gasteiger partial charge on any atom is -0.497 e. The van der Waals surface area contributed by atoms with E-state index in [1.54, 1.807) is 7.11 Å². The molecule has 0 aromatic heterocycles. The molecular weight excluding hydrogens is 254 g/mol. The first-order chi connectivity index (χ1) is 9.60. The fourth-order valence-electron chi connectivity index (χ4n) is 2.56. The van der Waals surface area contributed by atoms with Crippen molar-refractivity contribution in [2.75, 3.05) is 20.2 Å². The SMILES string of the molecule is COc1ccc(O[C@H](C)C(=O)N2CCC[C@H](C)C2)cc1. The first-order valence-corrected chi connectivity index (χ1v) is 7.19. The van der Waals surface area contributed by atoms with Crippen molar-refractivity contribution in [3.8, 4) is 11.5 Å². The minimum atomic E-state index is -0.450. The fraction of sp³-hybridized carbons (Fsp3) is 0.562. The summed E-state index contributed by atoms with van der Waals surface area (Å²) >= 11 is 0. The van der Waals surface area contributed by atoms with Crippen molar-refractivity contribution >= 4 is 5.91 Å². The molecule has 1 aromatic rings. The predicted molar refractivity (Wildman–Crippen MR) is 78.1 cm³/mol. The van der Waals surface area contributed by atoms with Crippen LogP contribution in [0.1, 0.15) is 26.7 Å². The van der Waals surface area contributed by atoms with Crippen molar-refractivity contribution in [3.63, 3.8) is 0 Å². The summed E-state index contributed by atoms with van der Waals surface area (Å²) in [4.78, 5) is 14.3. The number of rotatable bonds is 4. The van der Waals surface area contributed by atoms with Gasteiger partial charge in [-0.3, -0.25) is 4.79 Å². The molecule has 1 aliphatic rings. The maximum absolute atomic E-state index is 12.3. The molecule has 1 amide bonds. The number of carbonyl (C=O) groups is 1. The van der Waals surface area contributed by atoms with E-state index in [2.05, 4.69) is 6.92 Å². The lowest BCUT2D eigenvalue weighted by atomic mass is 10.00. The number of likely N-dealkylation sites (tertiary alicyclic amines) is 1. The number of ether oxygens (including phenoxy) is 2. The summed E-state index contributed by atoms with van der Waals surface area (Å²) in [6, 6.07) is 7.30. The highest BCUT2D eigenvalue weighted by atomic mass is 16.5. The van der Waals surface area contributed by atoms with E-state index in [1.165, 1.54) is 6.42 Å². The number of hydrogen-bond acceptors (Lipinski definition) is 3. The van der Waals surface area contributed by atoms with Gasteiger partial charge in [0.05, 0.1) is 7.11 Å². The molecule has 1 fully saturated rings. The maximum atomic E-state index is 12.3. The van der Waals surface area contributed by atoms with Gasteiger partial charge in [-0.25, -0.2) is 0 Å². The zero-order valence-electron chi connectivity index (χ0n) is 12.5. The first-order valence-electron chi connectivity index (χ1n) is 7.19. The van der Waals surface area contributed by atoms with Gasteiger partial charge in [-0.05, 0) is 49.9 Å². The van der Waals surface area contributed by atoms with Gasteiger partial charge >= 0.3 is 0 Å². The molecule has 0 N–H and O–H groups in total. The van der Waals surface area contributed by atoms with Crippen LogP contribution in [0.5, 0.6) is 11.5 Å². The van der Waals surface area contributed by atoms with Crippen LogP contribution in [0.3, 0.4) is 0 Å². The van der Waals surface area contributed by atoms with Gasteiger partial charge in [0.25, 0.3) is 5.91 Å². The number of methoxy groups -OCH3 is 1. The number of amides is 1. The van der Waals surface area contributed by atoms with Crippen molar-refractivity contribution in [3.05, 3.63) is 24.3 Å². The van der Waals surface area contributed by atoms with Crippen molar-refractivity contribution in [1.29, 1.82) is 0 Å². The van der Waals surface area contributed by atoms with E-state index < -0.39 is 6.10 Å². The van der Waals surface area contributed by atoms with E-state index in [0.29, 0.717) is 11.7 Å². The van der Waals surface area contributed by atoms with Crippen molar-refractivity contribution in [1.82, 2.24) is 4.90 Å². The molecule has 1 saturated heterocycles. The molecule has 0 spiro atoms. The van der Waals surface area contributed by atoms with Crippen LogP contribution in [0.2, 0.25) is 0 Å². The highest BCUT2D eigenvalue weighted by Gasteiger charge is 2.25. The van der Waals surface area contributed by atoms with Crippen LogP contribution in [0.15, 0.2) is 24.3 Å². The molecule has 0 saturated carbocycles. The van der Waals surface area contributed by atoms with Gasteiger partial charge in [0.1, 0.15) is 11.5 Å². The average Bonchev–Trinajstić information content (AvgIpc) is 2.47. The number of piperidine rings is 1. The summed E-state index contributed by atoms with van der Waals surface area (Å²) in [5, 5.41) is 0. The molecular formula is C16H23NO3. The summed E-state index contributed by atoms with van der Waals surface area (Å²) < 4.78 is 10.8. The molecule has 20 heavy (non-hydrogen) atoms. The van der Waals surface area contributed by atoms with Crippen LogP contribution in [0.25, 0.3) is 0 Å². The third-order valence-electron chi connectivity index (χ3n) is 3.69. The quantitative estimate of drug-likeness (QED) is 0.849. The smallest absolute Gasteiger partial charge is 0.263 e. The molecule has 0 unspecified atom stereocenters. The average molecular weight is 277 g/mol. The lowest BCUT2D eigenvalue weighted by Crippen LogP contribution is -2.45. The highest BCUT2D eigenvalue weighted by molar-refractivity contribution is 5.81. The standard InChI is InChI=1S/C16H23NO3/c1-12-5-4-10-17(11-12)16(18)13(2)20-15-8-6-14(19-3)7-9-15/h6-9,12-13H,4-5,10-11H2,1-3H3/t12-,13+/m0/s1. The van der Waals surface area contributed by atoms with Gasteiger partial charge in [0, 0.05) is 13.1 Å². The van der Waals surface area contributed by atoms with Crippen LogP contribution >= 0.6 is 0 Å². The molecule has 0 bridgehead atoms. The first kappa shape index (κ1) is 14.7. The Kier molecular flexibility index (Phi) is 4.88. The Morgan fingerprint density at radius 2 is 1.95 bits per heavy atom. The van der Waals surface area contributed by atoms with Crippen LogP contribution in [0, 0.1) is 5.92 Å². The Hall–Kier alpha value is -1.71. The van der Waals surface area contributed by atoms with Gasteiger partial charge in [-0.15, -0.1) is 0 Å². The fourth-order valence-corrected chi connectivity index (χ4v) is 2.56. The molecule has 1 heterocycles. The molecule has 2 rings (SSSR count). The van der Waals surface area contributed by atoms with Gasteiger partial charge in [0.15, 0.2) is 6.10 Å². The summed E-state index contributed by atoms with van der Waals surface area (Å²) in [6.45, 7) is 5.69. The summed E-state index contributed by atoms with van der Waals surface area (Å²) in [5.41, 5.74) is 0. The monoisotopic (exact) mass is 277 g/mol. The van der Waals surface area contributed by atoms with E-state index in [-0.39, 0.29) is 5.91 Å². The number of carbonyl (C=O) groups excluding carboxylic acids is 1. The second-order valence-electron chi connectivity index (χ2n) is 5.47. The molecule has 0 aliphatic carbocycles. The molecule has 4 heteroatoms. The van der Waals surface area contributed by atoms with Crippen LogP contribution < -0.4 is 9.47 Å². The third kappa shape index (κ3) is 3.65. The zero-order chi connectivity index (χ0) is 14.5. The Morgan fingerprint density at radius 1 is 1.30 bits per heavy atom. The predicted octanol–water partition coefficient (Wildman–Crippen LogP) is 2.72. The zero-order valence-corrected chi connectivity index (χ0v) is 12.5. The van der Waals surface area contributed by atoms with Crippen LogP contribution in [-0.4, -0.2) is 37.1 Å². The highest BCUT2D eigenvalue weighted by Crippen LogP contribution is 2.20. The lowest BCUT2D eigenvalue weighted by Gasteiger charge is -2.32. The van der Waals surface area contributed by atoms with Gasteiger partial charge in [-0.2, -0.15) is 0 Å². The molecule has 2 atom stereocenters.